The number of fused-ring (bicyclic) bond motifs is 1. The lowest BCUT2D eigenvalue weighted by atomic mass is 10.1. The molecular weight excluding hydrogens is 374 g/mol. The van der Waals surface area contributed by atoms with Gasteiger partial charge in [-0.25, -0.2) is 0 Å². The second-order valence-corrected chi connectivity index (χ2v) is 6.94. The Morgan fingerprint density at radius 2 is 1.69 bits per heavy atom. The summed E-state index contributed by atoms with van der Waals surface area (Å²) in [4.78, 5) is 29.9. The molecule has 0 amide bonds. The van der Waals surface area contributed by atoms with Crippen LogP contribution in [0.5, 0.6) is 0 Å². The highest BCUT2D eigenvalue weighted by Gasteiger charge is 2.26. The number of nitro groups is 2. The molecule has 2 heterocycles. The fraction of sp³-hybridized carbons (Fsp3) is 0.250. The molecule has 9 heteroatoms. The Kier molecular flexibility index (Phi) is 5.05. The van der Waals surface area contributed by atoms with Crippen molar-refractivity contribution >= 4 is 28.0 Å². The van der Waals surface area contributed by atoms with Crippen molar-refractivity contribution in [2.75, 3.05) is 31.1 Å². The van der Waals surface area contributed by atoms with E-state index in [1.165, 1.54) is 12.1 Å². The third-order valence-electron chi connectivity index (χ3n) is 5.19. The normalized spacial score (nSPS) is 14.8. The van der Waals surface area contributed by atoms with Gasteiger partial charge in [0.15, 0.2) is 0 Å². The minimum absolute atomic E-state index is 0.231. The van der Waals surface area contributed by atoms with Gasteiger partial charge >= 0.3 is 0 Å². The SMILES string of the molecule is O=[N+]([O-])c1ccc(N2CCN(Cc3cccc4cccnc34)CC2)c([N+](=O)[O-])c1. The van der Waals surface area contributed by atoms with Gasteiger partial charge in [-0.1, -0.05) is 24.3 Å². The molecular formula is C20H19N5O4. The predicted molar refractivity (Wildman–Crippen MR) is 109 cm³/mol. The minimum Gasteiger partial charge on any atom is -0.363 e. The average molecular weight is 393 g/mol. The quantitative estimate of drug-likeness (QED) is 0.483. The van der Waals surface area contributed by atoms with Crippen molar-refractivity contribution in [2.24, 2.45) is 0 Å². The molecule has 1 aliphatic heterocycles. The monoisotopic (exact) mass is 393 g/mol. The molecule has 1 aliphatic rings. The standard InChI is InChI=1S/C20H19N5O4/c26-24(27)17-6-7-18(19(13-17)25(28)29)23-11-9-22(10-12-23)14-16-4-1-3-15-5-2-8-21-20(15)16/h1-8,13H,9-12,14H2. The van der Waals surface area contributed by atoms with Crippen molar-refractivity contribution in [2.45, 2.75) is 6.54 Å². The molecule has 1 saturated heterocycles. The van der Waals surface area contributed by atoms with Gasteiger partial charge in [0, 0.05) is 50.4 Å². The molecule has 0 radical (unpaired) electrons. The minimum atomic E-state index is -0.618. The summed E-state index contributed by atoms with van der Waals surface area (Å²) in [6, 6.07) is 13.9. The van der Waals surface area contributed by atoms with Crippen molar-refractivity contribution in [3.63, 3.8) is 0 Å². The lowest BCUT2D eigenvalue weighted by molar-refractivity contribution is -0.393. The van der Waals surface area contributed by atoms with Crippen molar-refractivity contribution in [1.82, 2.24) is 9.88 Å². The fourth-order valence-electron chi connectivity index (χ4n) is 3.72. The molecule has 148 valence electrons. The first-order valence-electron chi connectivity index (χ1n) is 9.26. The lowest BCUT2D eigenvalue weighted by Crippen LogP contribution is -2.46. The molecule has 0 saturated carbocycles. The molecule has 9 nitrogen and oxygen atoms in total. The number of anilines is 1. The third kappa shape index (κ3) is 3.85. The molecule has 0 atom stereocenters. The van der Waals surface area contributed by atoms with Gasteiger partial charge in [0.2, 0.25) is 0 Å². The summed E-state index contributed by atoms with van der Waals surface area (Å²) in [6.07, 6.45) is 1.79. The van der Waals surface area contributed by atoms with Crippen LogP contribution in [0.4, 0.5) is 17.1 Å². The van der Waals surface area contributed by atoms with Gasteiger partial charge in [-0.2, -0.15) is 0 Å². The largest absolute Gasteiger partial charge is 0.363 e. The molecule has 2 aromatic carbocycles. The van der Waals surface area contributed by atoms with Crippen LogP contribution >= 0.6 is 0 Å². The van der Waals surface area contributed by atoms with Crippen LogP contribution in [-0.4, -0.2) is 45.9 Å². The Balaban J connectivity index is 1.48. The molecule has 0 N–H and O–H groups in total. The van der Waals surface area contributed by atoms with Gasteiger partial charge in [0.05, 0.1) is 21.4 Å². The molecule has 0 bridgehead atoms. The zero-order valence-electron chi connectivity index (χ0n) is 15.6. The van der Waals surface area contributed by atoms with E-state index in [-0.39, 0.29) is 11.4 Å². The van der Waals surface area contributed by atoms with Crippen LogP contribution in [0, 0.1) is 20.2 Å². The number of benzene rings is 2. The van der Waals surface area contributed by atoms with E-state index < -0.39 is 9.85 Å². The number of hydrogen-bond acceptors (Lipinski definition) is 7. The summed E-state index contributed by atoms with van der Waals surface area (Å²) < 4.78 is 0. The van der Waals surface area contributed by atoms with Crippen molar-refractivity contribution in [3.05, 3.63) is 80.5 Å². The third-order valence-corrected chi connectivity index (χ3v) is 5.19. The molecule has 1 fully saturated rings. The maximum absolute atomic E-state index is 11.4. The first kappa shape index (κ1) is 18.8. The maximum Gasteiger partial charge on any atom is 0.299 e. The van der Waals surface area contributed by atoms with Gasteiger partial charge in [0.25, 0.3) is 11.4 Å². The first-order valence-corrected chi connectivity index (χ1v) is 9.26. The summed E-state index contributed by atoms with van der Waals surface area (Å²) in [5.41, 5.74) is 2.06. The van der Waals surface area contributed by atoms with Crippen LogP contribution in [0.25, 0.3) is 10.9 Å². The number of pyridine rings is 1. The highest BCUT2D eigenvalue weighted by Crippen LogP contribution is 2.32. The van der Waals surface area contributed by atoms with E-state index in [9.17, 15) is 20.2 Å². The molecule has 0 spiro atoms. The number of para-hydroxylation sites is 1. The van der Waals surface area contributed by atoms with Crippen molar-refractivity contribution < 1.29 is 9.85 Å². The van der Waals surface area contributed by atoms with E-state index in [1.54, 1.807) is 6.20 Å². The van der Waals surface area contributed by atoms with Gasteiger partial charge < -0.3 is 4.90 Å². The first-order chi connectivity index (χ1) is 14.0. The molecule has 29 heavy (non-hydrogen) atoms. The maximum atomic E-state index is 11.4. The highest BCUT2D eigenvalue weighted by molar-refractivity contribution is 5.81. The van der Waals surface area contributed by atoms with Crippen LogP contribution in [0.2, 0.25) is 0 Å². The molecule has 3 aromatic rings. The van der Waals surface area contributed by atoms with Crippen LogP contribution < -0.4 is 4.90 Å². The van der Waals surface area contributed by atoms with E-state index in [2.05, 4.69) is 16.0 Å². The second kappa shape index (κ2) is 7.80. The topological polar surface area (TPSA) is 106 Å². The van der Waals surface area contributed by atoms with E-state index in [1.807, 2.05) is 29.2 Å². The summed E-state index contributed by atoms with van der Waals surface area (Å²) in [5, 5.41) is 23.4. The van der Waals surface area contributed by atoms with E-state index in [4.69, 9.17) is 0 Å². The van der Waals surface area contributed by atoms with E-state index in [0.29, 0.717) is 18.8 Å². The zero-order valence-corrected chi connectivity index (χ0v) is 15.6. The zero-order chi connectivity index (χ0) is 20.4. The highest BCUT2D eigenvalue weighted by atomic mass is 16.6. The average Bonchev–Trinajstić information content (AvgIpc) is 2.74. The number of hydrogen-bond donors (Lipinski definition) is 0. The number of aromatic nitrogens is 1. The van der Waals surface area contributed by atoms with Crippen LogP contribution in [0.15, 0.2) is 54.7 Å². The Morgan fingerprint density at radius 3 is 2.41 bits per heavy atom. The summed E-state index contributed by atoms with van der Waals surface area (Å²) in [7, 11) is 0. The molecule has 0 unspecified atom stereocenters. The van der Waals surface area contributed by atoms with E-state index >= 15 is 0 Å². The molecule has 0 aliphatic carbocycles. The lowest BCUT2D eigenvalue weighted by Gasteiger charge is -2.35. The Hall–Kier alpha value is -3.59. The number of nitro benzene ring substituents is 2. The predicted octanol–water partition coefficient (Wildman–Crippen LogP) is 3.37. The fourth-order valence-corrected chi connectivity index (χ4v) is 3.72. The number of rotatable bonds is 5. The van der Waals surface area contributed by atoms with Crippen LogP contribution in [0.1, 0.15) is 5.56 Å². The number of piperazine rings is 1. The van der Waals surface area contributed by atoms with Crippen molar-refractivity contribution in [3.8, 4) is 0 Å². The number of non-ortho nitro benzene ring substituents is 1. The Labute approximate surface area is 166 Å². The van der Waals surface area contributed by atoms with Gasteiger partial charge in [-0.3, -0.25) is 30.1 Å². The second-order valence-electron chi connectivity index (χ2n) is 6.94. The van der Waals surface area contributed by atoms with Crippen LogP contribution in [0.3, 0.4) is 0 Å². The summed E-state index contributed by atoms with van der Waals surface area (Å²) in [6.45, 7) is 3.44. The Morgan fingerprint density at radius 1 is 0.931 bits per heavy atom. The van der Waals surface area contributed by atoms with E-state index in [0.717, 1.165) is 42.2 Å². The summed E-state index contributed by atoms with van der Waals surface area (Å²) >= 11 is 0. The summed E-state index contributed by atoms with van der Waals surface area (Å²) in [5.74, 6) is 0. The van der Waals surface area contributed by atoms with Gasteiger partial charge in [-0.05, 0) is 17.7 Å². The Bertz CT molecular complexity index is 1070. The van der Waals surface area contributed by atoms with Crippen molar-refractivity contribution in [1.29, 1.82) is 0 Å². The smallest absolute Gasteiger partial charge is 0.299 e. The van der Waals surface area contributed by atoms with Gasteiger partial charge in [0.1, 0.15) is 5.69 Å². The van der Waals surface area contributed by atoms with Gasteiger partial charge in [-0.15, -0.1) is 0 Å². The molecule has 1 aromatic heterocycles. The number of nitrogens with zero attached hydrogens (tertiary/aromatic N) is 5. The molecule has 4 rings (SSSR count). The van der Waals surface area contributed by atoms with Crippen LogP contribution in [-0.2, 0) is 6.54 Å².